The van der Waals surface area contributed by atoms with Gasteiger partial charge in [-0.05, 0) is 12.0 Å². The second-order valence-electron chi connectivity index (χ2n) is 4.63. The number of aromatic nitrogens is 3. The van der Waals surface area contributed by atoms with Gasteiger partial charge in [0.15, 0.2) is 0 Å². The average molecular weight is 245 g/mol. The molecule has 0 aliphatic rings. The molecule has 2 aromatic rings. The maximum Gasteiger partial charge on any atom is 0.138 e. The zero-order valence-corrected chi connectivity index (χ0v) is 10.9. The third-order valence-electron chi connectivity index (χ3n) is 3.67. The van der Waals surface area contributed by atoms with Crippen molar-refractivity contribution >= 4 is 0 Å². The Hall–Kier alpha value is -1.68. The molecule has 1 aromatic heterocycles. The van der Waals surface area contributed by atoms with Crippen molar-refractivity contribution in [1.29, 1.82) is 0 Å². The molecule has 1 unspecified atom stereocenters. The topological polar surface area (TPSA) is 50.9 Å². The van der Waals surface area contributed by atoms with E-state index in [4.69, 9.17) is 0 Å². The molecule has 0 radical (unpaired) electrons. The van der Waals surface area contributed by atoms with Gasteiger partial charge in [-0.15, -0.1) is 0 Å². The zero-order chi connectivity index (χ0) is 13.0. The van der Waals surface area contributed by atoms with E-state index in [0.717, 1.165) is 17.8 Å². The minimum absolute atomic E-state index is 0.111. The Morgan fingerprint density at radius 3 is 2.50 bits per heavy atom. The number of aryl methyl sites for hydroxylation is 1. The highest BCUT2D eigenvalue weighted by Gasteiger charge is 2.31. The van der Waals surface area contributed by atoms with Crippen molar-refractivity contribution in [1.82, 2.24) is 14.8 Å². The number of rotatable bonds is 5. The van der Waals surface area contributed by atoms with Crippen LogP contribution in [0.5, 0.6) is 0 Å². The number of benzene rings is 1. The van der Waals surface area contributed by atoms with Crippen LogP contribution in [0.2, 0.25) is 0 Å². The van der Waals surface area contributed by atoms with Crippen LogP contribution in [-0.4, -0.2) is 26.5 Å². The summed E-state index contributed by atoms with van der Waals surface area (Å²) in [7, 11) is 1.88. The molecule has 4 nitrogen and oxygen atoms in total. The largest absolute Gasteiger partial charge is 0.395 e. The van der Waals surface area contributed by atoms with Gasteiger partial charge in [-0.2, -0.15) is 5.10 Å². The molecule has 1 aromatic carbocycles. The van der Waals surface area contributed by atoms with Crippen LogP contribution in [0, 0.1) is 0 Å². The van der Waals surface area contributed by atoms with Crippen LogP contribution < -0.4 is 0 Å². The van der Waals surface area contributed by atoms with E-state index >= 15 is 0 Å². The fourth-order valence-corrected chi connectivity index (χ4v) is 2.26. The summed E-state index contributed by atoms with van der Waals surface area (Å²) in [6.07, 6.45) is 3.11. The van der Waals surface area contributed by atoms with E-state index in [9.17, 15) is 5.11 Å². The van der Waals surface area contributed by atoms with E-state index < -0.39 is 0 Å². The molecule has 4 heteroatoms. The molecule has 0 amide bonds. The summed E-state index contributed by atoms with van der Waals surface area (Å²) in [6, 6.07) is 10.1. The van der Waals surface area contributed by atoms with Gasteiger partial charge in [0, 0.05) is 18.9 Å². The summed E-state index contributed by atoms with van der Waals surface area (Å²) in [6.45, 7) is 2.21. The summed E-state index contributed by atoms with van der Waals surface area (Å²) in [4.78, 5) is 4.26. The molecular formula is C14H19N3O. The van der Waals surface area contributed by atoms with Gasteiger partial charge in [0.05, 0.1) is 6.61 Å². The average Bonchev–Trinajstić information content (AvgIpc) is 2.82. The smallest absolute Gasteiger partial charge is 0.138 e. The van der Waals surface area contributed by atoms with Gasteiger partial charge in [0.2, 0.25) is 0 Å². The highest BCUT2D eigenvalue weighted by molar-refractivity contribution is 5.27. The summed E-state index contributed by atoms with van der Waals surface area (Å²) in [5, 5.41) is 13.9. The predicted molar refractivity (Wildman–Crippen MR) is 70.2 cm³/mol. The van der Waals surface area contributed by atoms with Gasteiger partial charge in [0.25, 0.3) is 0 Å². The first-order valence-corrected chi connectivity index (χ1v) is 6.21. The molecule has 0 saturated carbocycles. The first-order valence-electron chi connectivity index (χ1n) is 6.21. The quantitative estimate of drug-likeness (QED) is 0.872. The SMILES string of the molecule is CCC(CO)(Cc1ncnn1C)c1ccccc1. The summed E-state index contributed by atoms with van der Waals surface area (Å²) < 4.78 is 1.77. The van der Waals surface area contributed by atoms with Crippen molar-refractivity contribution in [3.63, 3.8) is 0 Å². The van der Waals surface area contributed by atoms with Crippen LogP contribution in [0.1, 0.15) is 24.7 Å². The summed E-state index contributed by atoms with van der Waals surface area (Å²) >= 11 is 0. The van der Waals surface area contributed by atoms with Gasteiger partial charge < -0.3 is 5.11 Å². The maximum atomic E-state index is 9.86. The Kier molecular flexibility index (Phi) is 3.77. The Morgan fingerprint density at radius 1 is 1.28 bits per heavy atom. The number of hydrogen-bond donors (Lipinski definition) is 1. The molecule has 0 spiro atoms. The molecule has 0 aliphatic carbocycles. The molecule has 1 heterocycles. The van der Waals surface area contributed by atoms with Gasteiger partial charge >= 0.3 is 0 Å². The molecule has 1 atom stereocenters. The third-order valence-corrected chi connectivity index (χ3v) is 3.67. The van der Waals surface area contributed by atoms with E-state index in [2.05, 4.69) is 29.1 Å². The Bertz CT molecular complexity index is 489. The van der Waals surface area contributed by atoms with Crippen LogP contribution in [-0.2, 0) is 18.9 Å². The summed E-state index contributed by atoms with van der Waals surface area (Å²) in [5.74, 6) is 0.898. The van der Waals surface area contributed by atoms with Crippen molar-refractivity contribution in [2.24, 2.45) is 7.05 Å². The minimum atomic E-state index is -0.276. The van der Waals surface area contributed by atoms with Gasteiger partial charge in [-0.3, -0.25) is 4.68 Å². The highest BCUT2D eigenvalue weighted by atomic mass is 16.3. The van der Waals surface area contributed by atoms with Crippen LogP contribution in [0.4, 0.5) is 0 Å². The number of nitrogens with zero attached hydrogens (tertiary/aromatic N) is 3. The maximum absolute atomic E-state index is 9.86. The molecule has 0 fully saturated rings. The second-order valence-corrected chi connectivity index (χ2v) is 4.63. The van der Waals surface area contributed by atoms with E-state index in [1.54, 1.807) is 11.0 Å². The van der Waals surface area contributed by atoms with Crippen molar-refractivity contribution < 1.29 is 5.11 Å². The second kappa shape index (κ2) is 5.31. The standard InChI is InChI=1S/C14H19N3O/c1-3-14(10-18,12-7-5-4-6-8-12)9-13-15-11-16-17(13)2/h4-8,11,18H,3,9-10H2,1-2H3. The van der Waals surface area contributed by atoms with Gasteiger partial charge in [0.1, 0.15) is 12.2 Å². The lowest BCUT2D eigenvalue weighted by Gasteiger charge is -2.30. The minimum Gasteiger partial charge on any atom is -0.395 e. The van der Waals surface area contributed by atoms with E-state index in [1.807, 2.05) is 25.2 Å². The third kappa shape index (κ3) is 2.29. The Labute approximate surface area is 107 Å². The number of aliphatic hydroxyl groups is 1. The van der Waals surface area contributed by atoms with E-state index in [0.29, 0.717) is 6.42 Å². The van der Waals surface area contributed by atoms with Crippen LogP contribution in [0.15, 0.2) is 36.7 Å². The Morgan fingerprint density at radius 2 is 2.00 bits per heavy atom. The van der Waals surface area contributed by atoms with E-state index in [-0.39, 0.29) is 12.0 Å². The van der Waals surface area contributed by atoms with Gasteiger partial charge in [-0.1, -0.05) is 37.3 Å². The van der Waals surface area contributed by atoms with Crippen molar-refractivity contribution in [2.45, 2.75) is 25.2 Å². The number of hydrogen-bond acceptors (Lipinski definition) is 3. The number of aliphatic hydroxyl groups excluding tert-OH is 1. The molecule has 0 bridgehead atoms. The van der Waals surface area contributed by atoms with Crippen LogP contribution in [0.3, 0.4) is 0 Å². The van der Waals surface area contributed by atoms with Crippen molar-refractivity contribution in [3.05, 3.63) is 48.0 Å². The fraction of sp³-hybridized carbons (Fsp3) is 0.429. The lowest BCUT2D eigenvalue weighted by Crippen LogP contribution is -2.33. The van der Waals surface area contributed by atoms with Crippen LogP contribution in [0.25, 0.3) is 0 Å². The monoisotopic (exact) mass is 245 g/mol. The molecule has 96 valence electrons. The summed E-state index contributed by atoms with van der Waals surface area (Å²) in [5.41, 5.74) is 0.875. The molecule has 18 heavy (non-hydrogen) atoms. The van der Waals surface area contributed by atoms with Gasteiger partial charge in [-0.25, -0.2) is 4.98 Å². The Balaban J connectivity index is 2.36. The zero-order valence-electron chi connectivity index (χ0n) is 10.9. The molecule has 0 saturated heterocycles. The first kappa shape index (κ1) is 12.8. The van der Waals surface area contributed by atoms with Crippen molar-refractivity contribution in [3.8, 4) is 0 Å². The lowest BCUT2D eigenvalue weighted by atomic mass is 9.76. The van der Waals surface area contributed by atoms with Crippen LogP contribution >= 0.6 is 0 Å². The lowest BCUT2D eigenvalue weighted by molar-refractivity contribution is 0.183. The molecular weight excluding hydrogens is 226 g/mol. The predicted octanol–water partition coefficient (Wildman–Crippen LogP) is 1.70. The van der Waals surface area contributed by atoms with Crippen molar-refractivity contribution in [2.75, 3.05) is 6.61 Å². The molecule has 0 aliphatic heterocycles. The van der Waals surface area contributed by atoms with E-state index in [1.165, 1.54) is 0 Å². The molecule has 2 rings (SSSR count). The first-order chi connectivity index (χ1) is 8.72. The fourth-order valence-electron chi connectivity index (χ4n) is 2.26. The molecule has 1 N–H and O–H groups in total. The normalized spacial score (nSPS) is 14.4. The highest BCUT2D eigenvalue weighted by Crippen LogP contribution is 2.30.